The van der Waals surface area contributed by atoms with E-state index in [2.05, 4.69) is 21.8 Å². The van der Waals surface area contributed by atoms with Crippen LogP contribution < -0.4 is 16.1 Å². The van der Waals surface area contributed by atoms with Gasteiger partial charge >= 0.3 is 5.69 Å². The van der Waals surface area contributed by atoms with Gasteiger partial charge in [-0.05, 0) is 110 Å². The molecule has 11 nitrogen and oxygen atoms in total. The Labute approximate surface area is 302 Å². The van der Waals surface area contributed by atoms with Crippen LogP contribution in [0.4, 0.5) is 15.8 Å². The van der Waals surface area contributed by atoms with Gasteiger partial charge in [0.25, 0.3) is 5.91 Å². The van der Waals surface area contributed by atoms with E-state index < -0.39 is 22.7 Å². The Bertz CT molecular complexity index is 2340. The highest BCUT2D eigenvalue weighted by Gasteiger charge is 2.50. The predicted molar refractivity (Wildman–Crippen MR) is 201 cm³/mol. The molecule has 3 aromatic carbocycles. The Kier molecular flexibility index (Phi) is 8.70. The highest BCUT2D eigenvalue weighted by atomic mass is 32.2. The lowest BCUT2D eigenvalue weighted by Gasteiger charge is -2.53. The molecule has 9 rings (SSSR count). The first-order chi connectivity index (χ1) is 25.0. The van der Waals surface area contributed by atoms with E-state index in [-0.39, 0.29) is 23.6 Å². The number of nitrogens with zero attached hydrogens (tertiary/aromatic N) is 4. The standard InChI is InChI=1S/C39H40FN7O4S/c1-22-16-28(17-23(2)36(22)40)42-37(46-13-12-45(39(46)49)29-7-5-27(6-8-29)44-52(3)50)35-31(41)20-30-21-34(35)47(30)38(48)33-19-26-18-25(4-9-32(26)43-33)24-10-14-51-15-11-24/h4-9,12-13,16-19,24,30,34,43-44H,10-11,14-15,20-21,41H2,1-3H3. The molecule has 0 saturated carbocycles. The number of aryl methyl sites for hydroxylation is 2. The zero-order valence-electron chi connectivity index (χ0n) is 29.2. The van der Waals surface area contributed by atoms with Crippen LogP contribution in [-0.4, -0.2) is 66.5 Å². The number of carbonyl (C=O) groups is 1. The first-order valence-corrected chi connectivity index (χ1v) is 19.0. The Hall–Kier alpha value is -5.27. The molecule has 1 amide bonds. The molecule has 13 heteroatoms. The molecule has 4 aliphatic rings. The number of halogens is 1. The molecule has 52 heavy (non-hydrogen) atoms. The number of benzene rings is 3. The van der Waals surface area contributed by atoms with Crippen molar-refractivity contribution in [2.75, 3.05) is 24.2 Å². The van der Waals surface area contributed by atoms with Crippen LogP contribution >= 0.6 is 0 Å². The zero-order chi connectivity index (χ0) is 36.3. The molecule has 2 fully saturated rings. The van der Waals surface area contributed by atoms with E-state index in [4.69, 9.17) is 15.5 Å². The topological polar surface area (TPSA) is 140 Å². The number of nitrogens with two attached hydrogens (primary N) is 1. The van der Waals surface area contributed by atoms with E-state index in [1.165, 1.54) is 21.0 Å². The van der Waals surface area contributed by atoms with E-state index in [1.807, 2.05) is 17.0 Å². The highest BCUT2D eigenvalue weighted by Crippen LogP contribution is 2.43. The van der Waals surface area contributed by atoms with Gasteiger partial charge in [0, 0.05) is 72.2 Å². The number of ether oxygens (including phenoxy) is 1. The fraction of sp³-hybridized carbons (Fsp3) is 0.308. The molecule has 1 aliphatic carbocycles. The maximum Gasteiger partial charge on any atom is 0.338 e. The lowest BCUT2D eigenvalue weighted by Crippen LogP contribution is -2.64. The highest BCUT2D eigenvalue weighted by molar-refractivity contribution is 7.85. The predicted octanol–water partition coefficient (Wildman–Crippen LogP) is 5.95. The fourth-order valence-electron chi connectivity index (χ4n) is 7.85. The summed E-state index contributed by atoms with van der Waals surface area (Å²) in [4.78, 5) is 38.6. The SMILES string of the molecule is Cc1cc(N=C(C2=C(N)CC3CC2N3C(=O)c2cc3cc(C4CCOCC4)ccc3[nH]2)n2ccn(-c3ccc(NS(C)=O)cc3)c2=O)cc(C)c1F. The van der Waals surface area contributed by atoms with Gasteiger partial charge in [-0.25, -0.2) is 18.4 Å². The van der Waals surface area contributed by atoms with Crippen molar-refractivity contribution >= 4 is 45.0 Å². The first kappa shape index (κ1) is 33.9. The van der Waals surface area contributed by atoms with E-state index >= 15 is 0 Å². The second-order valence-corrected chi connectivity index (χ2v) is 15.0. The summed E-state index contributed by atoms with van der Waals surface area (Å²) >= 11 is 0. The fourth-order valence-corrected chi connectivity index (χ4v) is 8.32. The van der Waals surface area contributed by atoms with Gasteiger partial charge in [-0.3, -0.25) is 13.9 Å². The monoisotopic (exact) mass is 721 g/mol. The van der Waals surface area contributed by atoms with Crippen molar-refractivity contribution in [1.82, 2.24) is 19.0 Å². The van der Waals surface area contributed by atoms with Gasteiger partial charge in [0.2, 0.25) is 0 Å². The van der Waals surface area contributed by atoms with Crippen LogP contribution in [0.1, 0.15) is 58.8 Å². The number of H-pyrrole nitrogens is 1. The quantitative estimate of drug-likeness (QED) is 0.141. The summed E-state index contributed by atoms with van der Waals surface area (Å²) in [5.74, 6) is 0.257. The van der Waals surface area contributed by atoms with Crippen molar-refractivity contribution in [1.29, 1.82) is 0 Å². The number of fused-ring (bicyclic) bond motifs is 2. The van der Waals surface area contributed by atoms with Crippen LogP contribution in [0.25, 0.3) is 16.6 Å². The number of rotatable bonds is 7. The molecule has 2 aromatic heterocycles. The molecular weight excluding hydrogens is 682 g/mol. The van der Waals surface area contributed by atoms with Crippen LogP contribution in [0.3, 0.4) is 0 Å². The van der Waals surface area contributed by atoms with Gasteiger partial charge in [0.1, 0.15) is 28.3 Å². The Morgan fingerprint density at radius 2 is 1.77 bits per heavy atom. The Balaban J connectivity index is 1.16. The molecule has 3 atom stereocenters. The molecule has 3 unspecified atom stereocenters. The first-order valence-electron chi connectivity index (χ1n) is 17.4. The summed E-state index contributed by atoms with van der Waals surface area (Å²) < 4.78 is 37.6. The minimum absolute atomic E-state index is 0.0899. The third kappa shape index (κ3) is 6.07. The molecule has 0 spiro atoms. The van der Waals surface area contributed by atoms with Crippen molar-refractivity contribution in [3.63, 3.8) is 0 Å². The summed E-state index contributed by atoms with van der Waals surface area (Å²) in [5.41, 5.74) is 12.7. The number of amides is 1. The maximum absolute atomic E-state index is 14.7. The third-order valence-corrected chi connectivity index (χ3v) is 11.0. The summed E-state index contributed by atoms with van der Waals surface area (Å²) in [6, 6.07) is 18.0. The van der Waals surface area contributed by atoms with Gasteiger partial charge in [-0.15, -0.1) is 0 Å². The summed E-state index contributed by atoms with van der Waals surface area (Å²) in [5, 5.41) is 0.984. The van der Waals surface area contributed by atoms with Crippen molar-refractivity contribution in [2.24, 2.45) is 10.7 Å². The molecule has 4 N–H and O–H groups in total. The van der Waals surface area contributed by atoms with Gasteiger partial charge in [-0.2, -0.15) is 0 Å². The van der Waals surface area contributed by atoms with Crippen molar-refractivity contribution in [2.45, 2.75) is 57.5 Å². The summed E-state index contributed by atoms with van der Waals surface area (Å²) in [6.45, 7) is 4.86. The molecule has 3 aliphatic heterocycles. The molecular formula is C39H40FN7O4S. The number of hydrogen-bond acceptors (Lipinski definition) is 6. The Morgan fingerprint density at radius 3 is 2.48 bits per heavy atom. The van der Waals surface area contributed by atoms with E-state index in [0.717, 1.165) is 37.0 Å². The van der Waals surface area contributed by atoms with Crippen LogP contribution in [0.2, 0.25) is 0 Å². The van der Waals surface area contributed by atoms with Crippen molar-refractivity contribution in [3.8, 4) is 5.69 Å². The van der Waals surface area contributed by atoms with Gasteiger partial charge in [0.15, 0.2) is 0 Å². The molecule has 5 aromatic rings. The minimum Gasteiger partial charge on any atom is -0.402 e. The van der Waals surface area contributed by atoms with E-state index in [1.54, 1.807) is 62.6 Å². The number of carbonyl (C=O) groups excluding carboxylic acids is 1. The van der Waals surface area contributed by atoms with Crippen LogP contribution in [0.5, 0.6) is 0 Å². The number of imidazole rings is 1. The smallest absolute Gasteiger partial charge is 0.338 e. The van der Waals surface area contributed by atoms with Crippen LogP contribution in [-0.2, 0) is 15.7 Å². The van der Waals surface area contributed by atoms with Crippen molar-refractivity contribution < 1.29 is 18.1 Å². The van der Waals surface area contributed by atoms with Crippen molar-refractivity contribution in [3.05, 3.63) is 123 Å². The van der Waals surface area contributed by atoms with Gasteiger partial charge in [-0.1, -0.05) is 6.07 Å². The second kappa shape index (κ2) is 13.4. The average molecular weight is 722 g/mol. The lowest BCUT2D eigenvalue weighted by molar-refractivity contribution is 0.0208. The molecule has 0 radical (unpaired) electrons. The van der Waals surface area contributed by atoms with E-state index in [0.29, 0.717) is 63.9 Å². The maximum atomic E-state index is 14.7. The van der Waals surface area contributed by atoms with Crippen LogP contribution in [0.15, 0.2) is 94.1 Å². The molecule has 268 valence electrons. The number of nitrogens with one attached hydrogen (secondary N) is 2. The molecule has 5 heterocycles. The van der Waals surface area contributed by atoms with Gasteiger partial charge < -0.3 is 25.1 Å². The number of aliphatic imine (C=N–C) groups is 1. The van der Waals surface area contributed by atoms with E-state index in [9.17, 15) is 18.2 Å². The number of hydrogen-bond donors (Lipinski definition) is 3. The summed E-state index contributed by atoms with van der Waals surface area (Å²) in [6.07, 6.45) is 7.86. The van der Waals surface area contributed by atoms with Crippen LogP contribution in [0, 0.1) is 19.7 Å². The number of aromatic amines is 1. The zero-order valence-corrected chi connectivity index (χ0v) is 30.0. The largest absolute Gasteiger partial charge is 0.402 e. The van der Waals surface area contributed by atoms with Gasteiger partial charge in [0.05, 0.1) is 17.4 Å². The second-order valence-electron chi connectivity index (χ2n) is 13.9. The normalized spacial score (nSPS) is 19.9. The summed E-state index contributed by atoms with van der Waals surface area (Å²) in [7, 11) is -1.24. The number of anilines is 1. The third-order valence-electron chi connectivity index (χ3n) is 10.5. The molecule has 2 saturated heterocycles. The average Bonchev–Trinajstić information content (AvgIpc) is 3.73. The molecule has 2 bridgehead atoms. The Morgan fingerprint density at radius 1 is 1.04 bits per heavy atom. The minimum atomic E-state index is -1.24. The number of aromatic nitrogens is 3. The lowest BCUT2D eigenvalue weighted by atomic mass is 9.76.